The van der Waals surface area contributed by atoms with E-state index >= 15 is 0 Å². The minimum absolute atomic E-state index is 0.0569. The largest absolute Gasteiger partial charge is 0.242 e. The predicted octanol–water partition coefficient (Wildman–Crippen LogP) is 20.6. The van der Waals surface area contributed by atoms with Gasteiger partial charge in [-0.1, -0.05) is 270 Å². The van der Waals surface area contributed by atoms with Crippen LogP contribution in [0.5, 0.6) is 0 Å². The van der Waals surface area contributed by atoms with E-state index < -0.39 is 0 Å². The van der Waals surface area contributed by atoms with Crippen LogP contribution in [-0.4, -0.2) is 6.71 Å². The molecule has 9 aromatic rings. The Morgan fingerprint density at radius 2 is 1.23 bits per heavy atom. The molecule has 0 N–H and O–H groups in total. The maximum Gasteiger partial charge on any atom is 0.242 e. The third-order valence-electron chi connectivity index (χ3n) is 22.8. The number of benzene rings is 8. The molecular weight excluding hydrogens is 1030 g/mol. The standard InChI is InChI=1S/C82H93BS/c1-51-43-52(2)76-67(44-51)60(34-30-56-29-32-58(77(4,5)6)47-65(56)55-23-17-16-18-24-55)66-49-70-71(80(12,13)42-41-79(70,10)11)50-73(66)83(76)72-38-28-54(45-64(72)53(3)57-31-35-62-61-25-19-20-26-74(61)84-75(62)46-57)27-37-68-63-36-33-59(78(7,8)9)48-69(63)82(15)40-22-21-39-81(68,82)14/h16-20,23-26,28-29,31-33,35-36,38,43-50,53,60,68H,21-22,27,30,34,37,39-42H2,1-15H3. The van der Waals surface area contributed by atoms with Crippen LogP contribution in [0.4, 0.5) is 0 Å². The Bertz CT molecular complexity index is 4030. The van der Waals surface area contributed by atoms with Crippen LogP contribution < -0.4 is 16.4 Å². The Hall–Kier alpha value is -5.96. The van der Waals surface area contributed by atoms with Crippen molar-refractivity contribution in [2.75, 3.05) is 0 Å². The Balaban J connectivity index is 0.982. The first-order chi connectivity index (χ1) is 39.8. The zero-order valence-electron chi connectivity index (χ0n) is 53.7. The Labute approximate surface area is 510 Å². The van der Waals surface area contributed by atoms with E-state index in [9.17, 15) is 0 Å². The molecule has 5 unspecified atom stereocenters. The van der Waals surface area contributed by atoms with Crippen molar-refractivity contribution in [2.24, 2.45) is 5.41 Å². The highest BCUT2D eigenvalue weighted by molar-refractivity contribution is 7.25. The van der Waals surface area contributed by atoms with Crippen molar-refractivity contribution < 1.29 is 0 Å². The van der Waals surface area contributed by atoms with Gasteiger partial charge in [-0.05, 0) is 194 Å². The molecule has 8 aromatic carbocycles. The van der Waals surface area contributed by atoms with Gasteiger partial charge < -0.3 is 0 Å². The molecule has 0 spiro atoms. The van der Waals surface area contributed by atoms with Crippen LogP contribution >= 0.6 is 11.3 Å². The number of hydrogen-bond donors (Lipinski definition) is 0. The summed E-state index contributed by atoms with van der Waals surface area (Å²) in [6, 6.07) is 61.5. The number of fused-ring (bicyclic) bond motifs is 9. The van der Waals surface area contributed by atoms with Gasteiger partial charge in [-0.3, -0.25) is 0 Å². The molecule has 2 heterocycles. The van der Waals surface area contributed by atoms with Crippen molar-refractivity contribution in [3.05, 3.63) is 230 Å². The number of rotatable bonds is 10. The molecule has 1 fully saturated rings. The third-order valence-corrected chi connectivity index (χ3v) is 24.0. The van der Waals surface area contributed by atoms with E-state index in [1.165, 1.54) is 137 Å². The summed E-state index contributed by atoms with van der Waals surface area (Å²) in [7, 11) is 0. The summed E-state index contributed by atoms with van der Waals surface area (Å²) in [6.45, 7) is 37.1. The lowest BCUT2D eigenvalue weighted by atomic mass is 9.30. The number of aryl methyl sites for hydroxylation is 4. The second kappa shape index (κ2) is 20.6. The third kappa shape index (κ3) is 9.52. The zero-order chi connectivity index (χ0) is 59.0. The summed E-state index contributed by atoms with van der Waals surface area (Å²) in [5, 5.41) is 2.74. The highest BCUT2D eigenvalue weighted by Crippen LogP contribution is 2.66. The van der Waals surface area contributed by atoms with Crippen LogP contribution in [0.3, 0.4) is 0 Å². The van der Waals surface area contributed by atoms with Crippen molar-refractivity contribution in [3.8, 4) is 11.1 Å². The fourth-order valence-electron chi connectivity index (χ4n) is 17.4. The summed E-state index contributed by atoms with van der Waals surface area (Å²) in [4.78, 5) is 0. The van der Waals surface area contributed by atoms with Crippen LogP contribution in [-0.2, 0) is 39.9 Å². The van der Waals surface area contributed by atoms with Crippen LogP contribution in [0.15, 0.2) is 152 Å². The van der Waals surface area contributed by atoms with Gasteiger partial charge in [0, 0.05) is 32.0 Å². The average Bonchev–Trinajstić information content (AvgIpc) is 1.79. The molecule has 4 aliphatic rings. The highest BCUT2D eigenvalue weighted by Gasteiger charge is 2.58. The minimum atomic E-state index is 0.0569. The molecule has 3 aliphatic carbocycles. The van der Waals surface area contributed by atoms with Crippen LogP contribution in [0.2, 0.25) is 0 Å². The van der Waals surface area contributed by atoms with Crippen LogP contribution in [0.1, 0.15) is 237 Å². The van der Waals surface area contributed by atoms with E-state index in [1.54, 1.807) is 33.3 Å². The molecule has 0 amide bonds. The molecular formula is C82H93BS. The monoisotopic (exact) mass is 1120 g/mol. The smallest absolute Gasteiger partial charge is 0.135 e. The first kappa shape index (κ1) is 57.1. The normalized spacial score (nSPS) is 21.9. The van der Waals surface area contributed by atoms with Gasteiger partial charge in [0.15, 0.2) is 0 Å². The Morgan fingerprint density at radius 3 is 1.98 bits per heavy atom. The van der Waals surface area contributed by atoms with E-state index in [2.05, 4.69) is 256 Å². The topological polar surface area (TPSA) is 0 Å². The minimum Gasteiger partial charge on any atom is -0.135 e. The van der Waals surface area contributed by atoms with Gasteiger partial charge in [-0.25, -0.2) is 0 Å². The molecule has 2 heteroatoms. The Morgan fingerprint density at radius 1 is 0.548 bits per heavy atom. The van der Waals surface area contributed by atoms with E-state index in [1.807, 2.05) is 11.3 Å². The van der Waals surface area contributed by atoms with Gasteiger partial charge >= 0.3 is 0 Å². The van der Waals surface area contributed by atoms with Crippen molar-refractivity contribution in [1.82, 2.24) is 0 Å². The first-order valence-electron chi connectivity index (χ1n) is 32.5. The zero-order valence-corrected chi connectivity index (χ0v) is 54.5. The molecule has 0 radical (unpaired) electrons. The molecule has 13 rings (SSSR count). The molecule has 0 saturated heterocycles. The summed E-state index contributed by atoms with van der Waals surface area (Å²) in [5.41, 5.74) is 29.1. The van der Waals surface area contributed by atoms with E-state index in [0.29, 0.717) is 5.92 Å². The summed E-state index contributed by atoms with van der Waals surface area (Å²) in [6.07, 6.45) is 12.0. The molecule has 1 aliphatic heterocycles. The molecule has 430 valence electrons. The molecule has 1 aromatic heterocycles. The lowest BCUT2D eigenvalue weighted by Gasteiger charge is -2.49. The van der Waals surface area contributed by atoms with Crippen LogP contribution in [0.25, 0.3) is 31.3 Å². The quantitative estimate of drug-likeness (QED) is 0.120. The van der Waals surface area contributed by atoms with Crippen molar-refractivity contribution in [1.29, 1.82) is 0 Å². The van der Waals surface area contributed by atoms with Crippen molar-refractivity contribution >= 4 is 54.6 Å². The predicted molar refractivity (Wildman–Crippen MR) is 366 cm³/mol. The molecule has 1 saturated carbocycles. The van der Waals surface area contributed by atoms with Gasteiger partial charge in [0.05, 0.1) is 0 Å². The van der Waals surface area contributed by atoms with Gasteiger partial charge in [-0.2, -0.15) is 0 Å². The van der Waals surface area contributed by atoms with Crippen molar-refractivity contribution in [3.63, 3.8) is 0 Å². The van der Waals surface area contributed by atoms with Crippen molar-refractivity contribution in [2.45, 2.75) is 213 Å². The van der Waals surface area contributed by atoms with Gasteiger partial charge in [0.25, 0.3) is 0 Å². The number of hydrogen-bond acceptors (Lipinski definition) is 1. The maximum absolute atomic E-state index is 2.79. The van der Waals surface area contributed by atoms with E-state index in [4.69, 9.17) is 0 Å². The van der Waals surface area contributed by atoms with Crippen LogP contribution in [0, 0.1) is 19.3 Å². The summed E-state index contributed by atoms with van der Waals surface area (Å²) in [5.74, 6) is 0.951. The SMILES string of the molecule is Cc1cc(C)c2c(c1)C(CCc1ccc(C(C)(C)C)cc1-c1ccccc1)c1cc3c(cc1B2c1ccc(CCC2c4ccc(C(C)(C)C)cc4C4(C)CCCCC24C)cc1C(C)c1ccc2c(c1)sc1ccccc12)C(C)(C)CCC3(C)C. The molecule has 84 heavy (non-hydrogen) atoms. The maximum atomic E-state index is 2.79. The number of thiophene rings is 1. The molecule has 5 atom stereocenters. The second-order valence-electron chi connectivity index (χ2n) is 31.0. The Kier molecular flexibility index (Phi) is 14.0. The lowest BCUT2D eigenvalue weighted by Crippen LogP contribution is -2.60. The summed E-state index contributed by atoms with van der Waals surface area (Å²) >= 11 is 1.95. The molecule has 0 nitrogen and oxygen atoms in total. The van der Waals surface area contributed by atoms with E-state index in [0.717, 1.165) is 19.3 Å². The second-order valence-corrected chi connectivity index (χ2v) is 32.1. The summed E-state index contributed by atoms with van der Waals surface area (Å²) < 4.78 is 2.76. The highest BCUT2D eigenvalue weighted by atomic mass is 32.1. The fourth-order valence-corrected chi connectivity index (χ4v) is 18.5. The fraction of sp³-hybridized carbons (Fsp3) is 0.415. The first-order valence-corrected chi connectivity index (χ1v) is 33.3. The van der Waals surface area contributed by atoms with Gasteiger partial charge in [0.1, 0.15) is 0 Å². The average molecular weight is 1120 g/mol. The van der Waals surface area contributed by atoms with Gasteiger partial charge in [0.2, 0.25) is 6.71 Å². The molecule has 0 bridgehead atoms. The van der Waals surface area contributed by atoms with Gasteiger partial charge in [-0.15, -0.1) is 11.3 Å². The van der Waals surface area contributed by atoms with E-state index in [-0.39, 0.29) is 51.0 Å². The lowest BCUT2D eigenvalue weighted by molar-refractivity contribution is 0.0763.